The van der Waals surface area contributed by atoms with Gasteiger partial charge in [0.2, 0.25) is 0 Å². The third-order valence-electron chi connectivity index (χ3n) is 3.63. The van der Waals surface area contributed by atoms with Crippen molar-refractivity contribution in [1.82, 2.24) is 9.97 Å². The second kappa shape index (κ2) is 7.51. The molecule has 28 heavy (non-hydrogen) atoms. The van der Waals surface area contributed by atoms with Crippen molar-refractivity contribution in [2.24, 2.45) is 0 Å². The lowest BCUT2D eigenvalue weighted by Crippen LogP contribution is -2.16. The minimum Gasteiger partial charge on any atom is -0.319 e. The summed E-state index contributed by atoms with van der Waals surface area (Å²) < 4.78 is 65.8. The van der Waals surface area contributed by atoms with Crippen molar-refractivity contribution in [2.45, 2.75) is 6.18 Å². The van der Waals surface area contributed by atoms with Crippen LogP contribution in [0.15, 0.2) is 48.8 Å². The Balaban J connectivity index is 1.86. The van der Waals surface area contributed by atoms with E-state index in [1.807, 2.05) is 0 Å². The smallest absolute Gasteiger partial charge is 0.319 e. The van der Waals surface area contributed by atoms with Gasteiger partial charge in [-0.2, -0.15) is 13.2 Å². The van der Waals surface area contributed by atoms with E-state index in [9.17, 15) is 26.7 Å². The summed E-state index contributed by atoms with van der Waals surface area (Å²) in [5.74, 6) is -3.29. The minimum atomic E-state index is -4.57. The zero-order valence-corrected chi connectivity index (χ0v) is 14.4. The van der Waals surface area contributed by atoms with Gasteiger partial charge >= 0.3 is 6.18 Å². The van der Waals surface area contributed by atoms with Crippen LogP contribution in [-0.4, -0.2) is 15.9 Å². The van der Waals surface area contributed by atoms with E-state index in [2.05, 4.69) is 15.3 Å². The Morgan fingerprint density at radius 1 is 1.00 bits per heavy atom. The standard InChI is InChI=1S/C18H9ClF5N3O/c19-12-5-4-9(18(22,23)24)6-11(12)16-25-7-10(8-26-16)27-17(28)15-13(20)2-1-3-14(15)21/h1-8H,(H,27,28). The number of benzene rings is 2. The number of alkyl halides is 3. The summed E-state index contributed by atoms with van der Waals surface area (Å²) in [7, 11) is 0. The van der Waals surface area contributed by atoms with Gasteiger partial charge in [-0.15, -0.1) is 0 Å². The molecule has 4 nitrogen and oxygen atoms in total. The van der Waals surface area contributed by atoms with Crippen molar-refractivity contribution in [1.29, 1.82) is 0 Å². The Morgan fingerprint density at radius 3 is 2.18 bits per heavy atom. The number of halogens is 6. The van der Waals surface area contributed by atoms with Gasteiger partial charge in [0.15, 0.2) is 5.82 Å². The summed E-state index contributed by atoms with van der Waals surface area (Å²) in [6.07, 6.45) is -2.41. The van der Waals surface area contributed by atoms with E-state index in [1.165, 1.54) is 0 Å². The summed E-state index contributed by atoms with van der Waals surface area (Å²) in [5, 5.41) is 2.21. The number of nitrogens with zero attached hydrogens (tertiary/aromatic N) is 2. The minimum absolute atomic E-state index is 0.00165. The predicted molar refractivity (Wildman–Crippen MR) is 91.8 cm³/mol. The predicted octanol–water partition coefficient (Wildman–Crippen LogP) is 5.35. The van der Waals surface area contributed by atoms with Gasteiger partial charge in [0, 0.05) is 5.56 Å². The van der Waals surface area contributed by atoms with Crippen LogP contribution in [0.2, 0.25) is 5.02 Å². The first-order chi connectivity index (χ1) is 13.2. The Labute approximate surface area is 160 Å². The molecular formula is C18H9ClF5N3O. The van der Waals surface area contributed by atoms with Gasteiger partial charge in [0.1, 0.15) is 17.2 Å². The number of anilines is 1. The van der Waals surface area contributed by atoms with Gasteiger partial charge in [-0.3, -0.25) is 4.79 Å². The molecule has 0 aliphatic carbocycles. The number of nitrogens with one attached hydrogen (secondary N) is 1. The molecule has 0 aliphatic heterocycles. The molecule has 0 saturated heterocycles. The third kappa shape index (κ3) is 4.09. The summed E-state index contributed by atoms with van der Waals surface area (Å²) in [4.78, 5) is 19.7. The fourth-order valence-electron chi connectivity index (χ4n) is 2.31. The summed E-state index contributed by atoms with van der Waals surface area (Å²) in [6, 6.07) is 5.65. The van der Waals surface area contributed by atoms with Crippen LogP contribution in [0.25, 0.3) is 11.4 Å². The van der Waals surface area contributed by atoms with Crippen molar-refractivity contribution < 1.29 is 26.7 Å². The number of aromatic nitrogens is 2. The van der Waals surface area contributed by atoms with Crippen LogP contribution in [0.3, 0.4) is 0 Å². The first kappa shape index (κ1) is 19.7. The fourth-order valence-corrected chi connectivity index (χ4v) is 2.52. The molecule has 2 aromatic carbocycles. The zero-order chi connectivity index (χ0) is 20.5. The number of carbonyl (C=O) groups is 1. The molecule has 0 atom stereocenters. The van der Waals surface area contributed by atoms with Gasteiger partial charge in [-0.1, -0.05) is 17.7 Å². The van der Waals surface area contributed by atoms with Crippen LogP contribution in [0, 0.1) is 11.6 Å². The molecule has 1 amide bonds. The average molecular weight is 414 g/mol. The van der Waals surface area contributed by atoms with Crippen molar-refractivity contribution in [2.75, 3.05) is 5.32 Å². The van der Waals surface area contributed by atoms with Crippen molar-refractivity contribution in [3.05, 3.63) is 76.6 Å². The molecule has 0 unspecified atom stereocenters. The lowest BCUT2D eigenvalue weighted by Gasteiger charge is -2.10. The highest BCUT2D eigenvalue weighted by atomic mass is 35.5. The Morgan fingerprint density at radius 2 is 1.61 bits per heavy atom. The number of amides is 1. The van der Waals surface area contributed by atoms with Crippen LogP contribution in [0.4, 0.5) is 27.6 Å². The monoisotopic (exact) mass is 413 g/mol. The molecule has 1 heterocycles. The number of hydrogen-bond donors (Lipinski definition) is 1. The molecule has 0 radical (unpaired) electrons. The highest BCUT2D eigenvalue weighted by Gasteiger charge is 2.31. The van der Waals surface area contributed by atoms with Gasteiger partial charge < -0.3 is 5.32 Å². The number of hydrogen-bond acceptors (Lipinski definition) is 3. The van der Waals surface area contributed by atoms with E-state index in [0.717, 1.165) is 48.8 Å². The van der Waals surface area contributed by atoms with Gasteiger partial charge in [0.05, 0.1) is 28.7 Å². The summed E-state index contributed by atoms with van der Waals surface area (Å²) >= 11 is 5.92. The van der Waals surface area contributed by atoms with Crippen molar-refractivity contribution in [3.63, 3.8) is 0 Å². The molecule has 0 fully saturated rings. The second-order valence-electron chi connectivity index (χ2n) is 5.54. The summed E-state index contributed by atoms with van der Waals surface area (Å²) in [5.41, 5.74) is -1.79. The quantitative estimate of drug-likeness (QED) is 0.589. The van der Waals surface area contributed by atoms with E-state index in [1.54, 1.807) is 0 Å². The lowest BCUT2D eigenvalue weighted by atomic mass is 10.1. The van der Waals surface area contributed by atoms with Crippen LogP contribution in [-0.2, 0) is 6.18 Å². The first-order valence-corrected chi connectivity index (χ1v) is 7.99. The summed E-state index contributed by atoms with van der Waals surface area (Å²) in [6.45, 7) is 0. The molecule has 3 rings (SSSR count). The van der Waals surface area contributed by atoms with Crippen LogP contribution < -0.4 is 5.32 Å². The number of rotatable bonds is 3. The molecule has 1 aromatic heterocycles. The average Bonchev–Trinajstić information content (AvgIpc) is 2.62. The van der Waals surface area contributed by atoms with Gasteiger partial charge in [0.25, 0.3) is 5.91 Å². The molecule has 144 valence electrons. The maximum Gasteiger partial charge on any atom is 0.416 e. The molecule has 10 heteroatoms. The normalized spacial score (nSPS) is 11.4. The maximum absolute atomic E-state index is 13.6. The molecule has 0 bridgehead atoms. The first-order valence-electron chi connectivity index (χ1n) is 7.61. The molecule has 0 spiro atoms. The highest BCUT2D eigenvalue weighted by Crippen LogP contribution is 2.34. The van der Waals surface area contributed by atoms with E-state index >= 15 is 0 Å². The molecular weight excluding hydrogens is 405 g/mol. The van der Waals surface area contributed by atoms with E-state index in [0.29, 0.717) is 0 Å². The SMILES string of the molecule is O=C(Nc1cnc(-c2cc(C(F)(F)F)ccc2Cl)nc1)c1c(F)cccc1F. The molecule has 0 saturated carbocycles. The van der Waals surface area contributed by atoms with E-state index in [4.69, 9.17) is 11.6 Å². The van der Waals surface area contributed by atoms with Crippen LogP contribution >= 0.6 is 11.6 Å². The third-order valence-corrected chi connectivity index (χ3v) is 3.96. The Bertz CT molecular complexity index is 1020. The maximum atomic E-state index is 13.6. The Hall–Kier alpha value is -3.07. The molecule has 1 N–H and O–H groups in total. The van der Waals surface area contributed by atoms with Crippen molar-refractivity contribution >= 4 is 23.2 Å². The molecule has 3 aromatic rings. The Kier molecular flexibility index (Phi) is 5.28. The van der Waals surface area contributed by atoms with Gasteiger partial charge in [-0.05, 0) is 30.3 Å². The zero-order valence-electron chi connectivity index (χ0n) is 13.7. The van der Waals surface area contributed by atoms with Crippen LogP contribution in [0.5, 0.6) is 0 Å². The van der Waals surface area contributed by atoms with E-state index < -0.39 is 34.8 Å². The fraction of sp³-hybridized carbons (Fsp3) is 0.0556. The second-order valence-corrected chi connectivity index (χ2v) is 5.95. The highest BCUT2D eigenvalue weighted by molar-refractivity contribution is 6.33. The van der Waals surface area contributed by atoms with Gasteiger partial charge in [-0.25, -0.2) is 18.7 Å². The molecule has 0 aliphatic rings. The van der Waals surface area contributed by atoms with Crippen LogP contribution in [0.1, 0.15) is 15.9 Å². The number of carbonyl (C=O) groups excluding carboxylic acids is 1. The topological polar surface area (TPSA) is 54.9 Å². The van der Waals surface area contributed by atoms with E-state index in [-0.39, 0.29) is 22.1 Å². The lowest BCUT2D eigenvalue weighted by molar-refractivity contribution is -0.137. The van der Waals surface area contributed by atoms with Crippen molar-refractivity contribution in [3.8, 4) is 11.4 Å². The largest absolute Gasteiger partial charge is 0.416 e.